The number of nitrogens with zero attached hydrogens (tertiary/aromatic N) is 3. The first kappa shape index (κ1) is 18.1. The molecule has 26 heavy (non-hydrogen) atoms. The summed E-state index contributed by atoms with van der Waals surface area (Å²) in [5.41, 5.74) is 3.75. The van der Waals surface area contributed by atoms with Gasteiger partial charge in [0, 0.05) is 17.1 Å². The van der Waals surface area contributed by atoms with Gasteiger partial charge in [0.05, 0.1) is 12.3 Å². The number of halogens is 1. The summed E-state index contributed by atoms with van der Waals surface area (Å²) in [6, 6.07) is 13.1. The normalized spacial score (nSPS) is 10.8. The third-order valence-corrected chi connectivity index (χ3v) is 4.33. The lowest BCUT2D eigenvalue weighted by Gasteiger charge is -2.11. The molecule has 3 aromatic rings. The van der Waals surface area contributed by atoms with E-state index in [1.165, 1.54) is 0 Å². The lowest BCUT2D eigenvalue weighted by atomic mass is 10.1. The van der Waals surface area contributed by atoms with E-state index in [1.807, 2.05) is 44.2 Å². The minimum absolute atomic E-state index is 0.0364. The molecule has 0 aliphatic rings. The minimum atomic E-state index is -0.439. The van der Waals surface area contributed by atoms with Gasteiger partial charge in [0.2, 0.25) is 5.82 Å². The van der Waals surface area contributed by atoms with E-state index >= 15 is 0 Å². The highest BCUT2D eigenvalue weighted by molar-refractivity contribution is 6.30. The van der Waals surface area contributed by atoms with Gasteiger partial charge in [-0.15, -0.1) is 5.10 Å². The van der Waals surface area contributed by atoms with Crippen molar-refractivity contribution >= 4 is 17.5 Å². The lowest BCUT2D eigenvalue weighted by molar-refractivity contribution is 0.0934. The van der Waals surface area contributed by atoms with Gasteiger partial charge >= 0.3 is 0 Å². The predicted molar refractivity (Wildman–Crippen MR) is 101 cm³/mol. The number of hydrogen-bond donors (Lipinski definition) is 2. The van der Waals surface area contributed by atoms with Gasteiger partial charge in [0.25, 0.3) is 5.91 Å². The number of carbonyl (C=O) groups is 1. The quantitative estimate of drug-likeness (QED) is 0.723. The molecule has 0 spiro atoms. The Bertz CT molecular complexity index is 952. The molecule has 0 fully saturated rings. The van der Waals surface area contributed by atoms with Crippen LogP contribution in [0.3, 0.4) is 0 Å². The molecule has 0 saturated heterocycles. The third kappa shape index (κ3) is 3.61. The zero-order valence-electron chi connectivity index (χ0n) is 14.5. The van der Waals surface area contributed by atoms with E-state index in [-0.39, 0.29) is 19.0 Å². The summed E-state index contributed by atoms with van der Waals surface area (Å²) in [6.07, 6.45) is 0. The average Bonchev–Trinajstić information content (AvgIpc) is 3.07. The van der Waals surface area contributed by atoms with E-state index in [0.717, 1.165) is 22.4 Å². The van der Waals surface area contributed by atoms with E-state index in [4.69, 9.17) is 16.7 Å². The standard InChI is InChI=1S/C19H19ClN4O2/c1-12-5-3-8-16(13(12)2)24-18(14-6-4-7-15(20)11-14)22-17(23-24)19(26)21-9-10-25/h3-8,11,25H,9-10H2,1-2H3,(H,21,26). The zero-order valence-corrected chi connectivity index (χ0v) is 15.3. The van der Waals surface area contributed by atoms with E-state index in [1.54, 1.807) is 16.8 Å². The molecule has 0 radical (unpaired) electrons. The van der Waals surface area contributed by atoms with Gasteiger partial charge in [-0.1, -0.05) is 35.9 Å². The van der Waals surface area contributed by atoms with Gasteiger partial charge in [-0.25, -0.2) is 9.67 Å². The Morgan fingerprint density at radius 3 is 2.73 bits per heavy atom. The van der Waals surface area contributed by atoms with Gasteiger partial charge in [0.1, 0.15) is 0 Å². The van der Waals surface area contributed by atoms with Crippen molar-refractivity contribution in [2.75, 3.05) is 13.2 Å². The van der Waals surface area contributed by atoms with Crippen LogP contribution in [-0.4, -0.2) is 38.9 Å². The molecule has 134 valence electrons. The summed E-state index contributed by atoms with van der Waals surface area (Å²) in [4.78, 5) is 16.7. The lowest BCUT2D eigenvalue weighted by Crippen LogP contribution is -2.27. The van der Waals surface area contributed by atoms with Gasteiger partial charge in [-0.3, -0.25) is 4.79 Å². The number of aromatic nitrogens is 3. The highest BCUT2D eigenvalue weighted by Crippen LogP contribution is 2.26. The van der Waals surface area contributed by atoms with Crippen LogP contribution in [0.15, 0.2) is 42.5 Å². The molecule has 2 aromatic carbocycles. The molecule has 1 amide bonds. The van der Waals surface area contributed by atoms with Crippen molar-refractivity contribution in [3.63, 3.8) is 0 Å². The molecule has 0 atom stereocenters. The summed E-state index contributed by atoms with van der Waals surface area (Å²) in [5.74, 6) is 0.121. The smallest absolute Gasteiger partial charge is 0.291 e. The van der Waals surface area contributed by atoms with E-state index in [9.17, 15) is 4.79 Å². The van der Waals surface area contributed by atoms with Crippen molar-refractivity contribution in [2.24, 2.45) is 0 Å². The maximum Gasteiger partial charge on any atom is 0.291 e. The molecule has 0 unspecified atom stereocenters. The Morgan fingerprint density at radius 2 is 2.00 bits per heavy atom. The minimum Gasteiger partial charge on any atom is -0.395 e. The van der Waals surface area contributed by atoms with Crippen LogP contribution in [0.1, 0.15) is 21.7 Å². The largest absolute Gasteiger partial charge is 0.395 e. The van der Waals surface area contributed by atoms with E-state index in [2.05, 4.69) is 15.4 Å². The number of nitrogens with one attached hydrogen (secondary N) is 1. The van der Waals surface area contributed by atoms with Gasteiger partial charge in [-0.2, -0.15) is 0 Å². The zero-order chi connectivity index (χ0) is 18.7. The first-order valence-corrected chi connectivity index (χ1v) is 8.57. The molecule has 6 nitrogen and oxygen atoms in total. The Hall–Kier alpha value is -2.70. The first-order valence-electron chi connectivity index (χ1n) is 8.20. The summed E-state index contributed by atoms with van der Waals surface area (Å²) >= 11 is 6.12. The van der Waals surface area contributed by atoms with Crippen LogP contribution in [0.2, 0.25) is 5.02 Å². The highest BCUT2D eigenvalue weighted by Gasteiger charge is 2.19. The van der Waals surface area contributed by atoms with Crippen molar-refractivity contribution < 1.29 is 9.90 Å². The monoisotopic (exact) mass is 370 g/mol. The molecule has 0 bridgehead atoms. The molecule has 7 heteroatoms. The van der Waals surface area contributed by atoms with Crippen molar-refractivity contribution in [2.45, 2.75) is 13.8 Å². The van der Waals surface area contributed by atoms with Crippen LogP contribution in [0.25, 0.3) is 17.1 Å². The number of amides is 1. The van der Waals surface area contributed by atoms with Crippen LogP contribution in [0.5, 0.6) is 0 Å². The Kier molecular flexibility index (Phi) is 5.35. The molecule has 0 aliphatic carbocycles. The fourth-order valence-electron chi connectivity index (χ4n) is 2.60. The maximum absolute atomic E-state index is 12.3. The molecule has 0 aliphatic heterocycles. The molecular formula is C19H19ClN4O2. The number of aliphatic hydroxyl groups excluding tert-OH is 1. The Morgan fingerprint density at radius 1 is 1.23 bits per heavy atom. The second-order valence-corrected chi connectivity index (χ2v) is 6.32. The SMILES string of the molecule is Cc1cccc(-n2nc(C(=O)NCCO)nc2-c2cccc(Cl)c2)c1C. The summed E-state index contributed by atoms with van der Waals surface area (Å²) < 4.78 is 1.65. The molecule has 2 N–H and O–H groups in total. The maximum atomic E-state index is 12.3. The topological polar surface area (TPSA) is 80.0 Å². The van der Waals surface area contributed by atoms with Gasteiger partial charge < -0.3 is 10.4 Å². The van der Waals surface area contributed by atoms with Crippen LogP contribution in [-0.2, 0) is 0 Å². The van der Waals surface area contributed by atoms with Crippen LogP contribution in [0, 0.1) is 13.8 Å². The number of aliphatic hydroxyl groups is 1. The number of benzene rings is 2. The second-order valence-electron chi connectivity index (χ2n) is 5.88. The number of aryl methyl sites for hydroxylation is 1. The number of rotatable bonds is 5. The molecule has 1 aromatic heterocycles. The molecule has 1 heterocycles. The molecule has 3 rings (SSSR count). The van der Waals surface area contributed by atoms with Crippen LogP contribution in [0.4, 0.5) is 0 Å². The molecular weight excluding hydrogens is 352 g/mol. The first-order chi connectivity index (χ1) is 12.5. The summed E-state index contributed by atoms with van der Waals surface area (Å²) in [5, 5.41) is 16.5. The summed E-state index contributed by atoms with van der Waals surface area (Å²) in [6.45, 7) is 4.01. The average molecular weight is 371 g/mol. The fourth-order valence-corrected chi connectivity index (χ4v) is 2.79. The highest BCUT2D eigenvalue weighted by atomic mass is 35.5. The number of carbonyl (C=O) groups excluding carboxylic acids is 1. The summed E-state index contributed by atoms with van der Waals surface area (Å²) in [7, 11) is 0. The van der Waals surface area contributed by atoms with Gasteiger partial charge in [-0.05, 0) is 43.2 Å². The number of hydrogen-bond acceptors (Lipinski definition) is 4. The van der Waals surface area contributed by atoms with E-state index < -0.39 is 5.91 Å². The molecule has 0 saturated carbocycles. The van der Waals surface area contributed by atoms with Crippen LogP contribution >= 0.6 is 11.6 Å². The Labute approximate surface area is 156 Å². The third-order valence-electron chi connectivity index (χ3n) is 4.09. The van der Waals surface area contributed by atoms with Crippen molar-refractivity contribution in [3.05, 3.63) is 64.4 Å². The van der Waals surface area contributed by atoms with Crippen molar-refractivity contribution in [1.82, 2.24) is 20.1 Å². The van der Waals surface area contributed by atoms with E-state index in [0.29, 0.717) is 10.8 Å². The fraction of sp³-hybridized carbons (Fsp3) is 0.211. The van der Waals surface area contributed by atoms with Crippen molar-refractivity contribution in [1.29, 1.82) is 0 Å². The van der Waals surface area contributed by atoms with Crippen LogP contribution < -0.4 is 5.32 Å². The van der Waals surface area contributed by atoms with Crippen molar-refractivity contribution in [3.8, 4) is 17.1 Å². The Balaban J connectivity index is 2.16. The second kappa shape index (κ2) is 7.68. The van der Waals surface area contributed by atoms with Gasteiger partial charge in [0.15, 0.2) is 5.82 Å². The predicted octanol–water partition coefficient (Wildman–Crippen LogP) is 2.93.